The minimum atomic E-state index is -0.878. The van der Waals surface area contributed by atoms with Crippen molar-refractivity contribution in [3.05, 3.63) is 0 Å². The van der Waals surface area contributed by atoms with Gasteiger partial charge >= 0.3 is 5.97 Å². The third-order valence-electron chi connectivity index (χ3n) is 2.55. The lowest BCUT2D eigenvalue weighted by molar-refractivity contribution is -0.138. The van der Waals surface area contributed by atoms with Gasteiger partial charge in [0.15, 0.2) is 0 Å². The number of aliphatic carboxylic acids is 1. The molecular formula is C12H23NO4. The fourth-order valence-corrected chi connectivity index (χ4v) is 1.70. The van der Waals surface area contributed by atoms with Crippen molar-refractivity contribution < 1.29 is 19.8 Å². The quantitative estimate of drug-likeness (QED) is 0.671. The molecule has 5 nitrogen and oxygen atoms in total. The van der Waals surface area contributed by atoms with E-state index in [1.165, 1.54) is 0 Å². The fraction of sp³-hybridized carbons (Fsp3) is 0.833. The maximum atomic E-state index is 11.9. The summed E-state index contributed by atoms with van der Waals surface area (Å²) < 4.78 is 0. The van der Waals surface area contributed by atoms with Gasteiger partial charge in [-0.3, -0.25) is 9.59 Å². The summed E-state index contributed by atoms with van der Waals surface area (Å²) in [7, 11) is 0. The third kappa shape index (κ3) is 6.94. The minimum absolute atomic E-state index is 0.0116. The number of aliphatic hydroxyl groups excluding tert-OH is 1. The van der Waals surface area contributed by atoms with E-state index in [0.717, 1.165) is 0 Å². The summed E-state index contributed by atoms with van der Waals surface area (Å²) in [6.45, 7) is 6.17. The number of carbonyl (C=O) groups excluding carboxylic acids is 1. The normalized spacial score (nSPS) is 12.5. The zero-order valence-corrected chi connectivity index (χ0v) is 10.8. The van der Waals surface area contributed by atoms with E-state index in [1.54, 1.807) is 11.8 Å². The summed E-state index contributed by atoms with van der Waals surface area (Å²) in [5, 5.41) is 17.4. The summed E-state index contributed by atoms with van der Waals surface area (Å²) in [6.07, 6.45) is 0.810. The molecule has 0 aliphatic rings. The Hall–Kier alpha value is -1.10. The summed E-state index contributed by atoms with van der Waals surface area (Å²) >= 11 is 0. The van der Waals surface area contributed by atoms with Gasteiger partial charge < -0.3 is 15.1 Å². The van der Waals surface area contributed by atoms with Gasteiger partial charge in [-0.15, -0.1) is 0 Å². The van der Waals surface area contributed by atoms with Crippen molar-refractivity contribution >= 4 is 11.9 Å². The highest BCUT2D eigenvalue weighted by molar-refractivity contribution is 5.77. The predicted molar refractivity (Wildman–Crippen MR) is 64.6 cm³/mol. The Balaban J connectivity index is 4.26. The lowest BCUT2D eigenvalue weighted by Crippen LogP contribution is -2.38. The lowest BCUT2D eigenvalue weighted by Gasteiger charge is -2.27. The first-order valence-corrected chi connectivity index (χ1v) is 6.00. The first-order valence-electron chi connectivity index (χ1n) is 6.00. The first-order chi connectivity index (χ1) is 7.88. The standard InChI is InChI=1S/C12H23NO4/c1-9(2)13(5-4-6-14)11(15)7-10(3)8-12(16)17/h9-10,14H,4-8H2,1-3H3,(H,16,17). The topological polar surface area (TPSA) is 77.8 Å². The van der Waals surface area contributed by atoms with Crippen LogP contribution in [0.5, 0.6) is 0 Å². The highest BCUT2D eigenvalue weighted by atomic mass is 16.4. The van der Waals surface area contributed by atoms with Gasteiger partial charge in [-0.25, -0.2) is 0 Å². The Kier molecular flexibility index (Phi) is 7.54. The van der Waals surface area contributed by atoms with Crippen molar-refractivity contribution in [1.29, 1.82) is 0 Å². The van der Waals surface area contributed by atoms with E-state index in [0.29, 0.717) is 13.0 Å². The molecule has 1 atom stereocenters. The maximum Gasteiger partial charge on any atom is 0.303 e. The van der Waals surface area contributed by atoms with E-state index in [-0.39, 0.29) is 37.3 Å². The van der Waals surface area contributed by atoms with Gasteiger partial charge in [-0.2, -0.15) is 0 Å². The Morgan fingerprint density at radius 2 is 1.76 bits per heavy atom. The second-order valence-electron chi connectivity index (χ2n) is 4.67. The molecule has 0 saturated heterocycles. The van der Waals surface area contributed by atoms with Gasteiger partial charge in [-0.1, -0.05) is 6.92 Å². The molecule has 0 radical (unpaired) electrons. The molecule has 2 N–H and O–H groups in total. The van der Waals surface area contributed by atoms with Crippen molar-refractivity contribution in [3.63, 3.8) is 0 Å². The second-order valence-corrected chi connectivity index (χ2v) is 4.67. The molecule has 0 rings (SSSR count). The zero-order chi connectivity index (χ0) is 13.4. The Labute approximate surface area is 102 Å². The lowest BCUT2D eigenvalue weighted by atomic mass is 10.0. The van der Waals surface area contributed by atoms with Crippen LogP contribution >= 0.6 is 0 Å². The molecule has 0 heterocycles. The average molecular weight is 245 g/mol. The molecular weight excluding hydrogens is 222 g/mol. The van der Waals surface area contributed by atoms with E-state index < -0.39 is 5.97 Å². The van der Waals surface area contributed by atoms with Gasteiger partial charge in [0.25, 0.3) is 0 Å². The van der Waals surface area contributed by atoms with Crippen molar-refractivity contribution in [2.24, 2.45) is 5.92 Å². The smallest absolute Gasteiger partial charge is 0.303 e. The average Bonchev–Trinajstić information content (AvgIpc) is 2.15. The van der Waals surface area contributed by atoms with E-state index in [1.807, 2.05) is 13.8 Å². The van der Waals surface area contributed by atoms with Crippen LogP contribution in [0.25, 0.3) is 0 Å². The van der Waals surface area contributed by atoms with Crippen LogP contribution in [0.2, 0.25) is 0 Å². The van der Waals surface area contributed by atoms with Crippen molar-refractivity contribution in [2.45, 2.75) is 46.1 Å². The van der Waals surface area contributed by atoms with Crippen LogP contribution in [0.3, 0.4) is 0 Å². The molecule has 0 aromatic carbocycles. The molecule has 1 unspecified atom stereocenters. The number of rotatable bonds is 8. The molecule has 0 aliphatic carbocycles. The van der Waals surface area contributed by atoms with E-state index in [4.69, 9.17) is 10.2 Å². The molecule has 1 amide bonds. The molecule has 0 bridgehead atoms. The van der Waals surface area contributed by atoms with Crippen LogP contribution < -0.4 is 0 Å². The van der Waals surface area contributed by atoms with Crippen LogP contribution in [0.15, 0.2) is 0 Å². The molecule has 0 spiro atoms. The number of hydrogen-bond donors (Lipinski definition) is 2. The van der Waals surface area contributed by atoms with Crippen LogP contribution in [0.1, 0.15) is 40.0 Å². The number of carbonyl (C=O) groups is 2. The van der Waals surface area contributed by atoms with Crippen LogP contribution in [-0.2, 0) is 9.59 Å². The van der Waals surface area contributed by atoms with E-state index >= 15 is 0 Å². The third-order valence-corrected chi connectivity index (χ3v) is 2.55. The number of carboxylic acids is 1. The summed E-state index contributed by atoms with van der Waals surface area (Å²) in [5.41, 5.74) is 0. The fourth-order valence-electron chi connectivity index (χ4n) is 1.70. The molecule has 0 aromatic heterocycles. The van der Waals surface area contributed by atoms with Crippen LogP contribution in [0.4, 0.5) is 0 Å². The number of hydrogen-bond acceptors (Lipinski definition) is 3. The van der Waals surface area contributed by atoms with Crippen molar-refractivity contribution in [3.8, 4) is 0 Å². The molecule has 0 aliphatic heterocycles. The molecule has 100 valence electrons. The van der Waals surface area contributed by atoms with Gasteiger partial charge in [0.1, 0.15) is 0 Å². The second kappa shape index (κ2) is 8.06. The van der Waals surface area contributed by atoms with E-state index in [9.17, 15) is 9.59 Å². The van der Waals surface area contributed by atoms with Crippen molar-refractivity contribution in [2.75, 3.05) is 13.2 Å². The molecule has 0 fully saturated rings. The largest absolute Gasteiger partial charge is 0.481 e. The number of aliphatic hydroxyl groups is 1. The maximum absolute atomic E-state index is 11.9. The number of nitrogens with zero attached hydrogens (tertiary/aromatic N) is 1. The summed E-state index contributed by atoms with van der Waals surface area (Å²) in [5.74, 6) is -1.07. The SMILES string of the molecule is CC(CC(=O)O)CC(=O)N(CCCO)C(C)C. The van der Waals surface area contributed by atoms with Gasteiger partial charge in [0.2, 0.25) is 5.91 Å². The molecule has 17 heavy (non-hydrogen) atoms. The van der Waals surface area contributed by atoms with E-state index in [2.05, 4.69) is 0 Å². The highest BCUT2D eigenvalue weighted by Crippen LogP contribution is 2.12. The highest BCUT2D eigenvalue weighted by Gasteiger charge is 2.20. The molecule has 5 heteroatoms. The zero-order valence-electron chi connectivity index (χ0n) is 10.8. The Morgan fingerprint density at radius 3 is 2.18 bits per heavy atom. The van der Waals surface area contributed by atoms with Gasteiger partial charge in [0, 0.05) is 32.0 Å². The van der Waals surface area contributed by atoms with Crippen LogP contribution in [-0.4, -0.2) is 46.2 Å². The summed E-state index contributed by atoms with van der Waals surface area (Å²) in [4.78, 5) is 24.1. The first kappa shape index (κ1) is 15.9. The minimum Gasteiger partial charge on any atom is -0.481 e. The number of amides is 1. The molecule has 0 saturated carbocycles. The van der Waals surface area contributed by atoms with Gasteiger partial charge in [0.05, 0.1) is 0 Å². The van der Waals surface area contributed by atoms with Crippen LogP contribution in [0, 0.1) is 5.92 Å². The summed E-state index contributed by atoms with van der Waals surface area (Å²) in [6, 6.07) is 0.0751. The predicted octanol–water partition coefficient (Wildman–Crippen LogP) is 1.11. The molecule has 0 aromatic rings. The van der Waals surface area contributed by atoms with Crippen molar-refractivity contribution in [1.82, 2.24) is 4.90 Å². The van der Waals surface area contributed by atoms with Gasteiger partial charge in [-0.05, 0) is 26.2 Å². The Bertz CT molecular complexity index is 253. The Morgan fingerprint density at radius 1 is 1.18 bits per heavy atom. The monoisotopic (exact) mass is 245 g/mol. The number of carboxylic acid groups (broad SMARTS) is 1.